The molecule has 0 aromatic heterocycles. The van der Waals surface area contributed by atoms with Gasteiger partial charge in [0.25, 0.3) is 0 Å². The maximum absolute atomic E-state index is 15.4. The van der Waals surface area contributed by atoms with Crippen LogP contribution in [-0.2, 0) is 4.74 Å². The molecule has 35 heavy (non-hydrogen) atoms. The molecule has 0 bridgehead atoms. The van der Waals surface area contributed by atoms with E-state index in [0.717, 1.165) is 37.3 Å². The van der Waals surface area contributed by atoms with Crippen LogP contribution in [0.3, 0.4) is 0 Å². The molecule has 0 atom stereocenters. The molecule has 0 aliphatic rings. The first-order valence-corrected chi connectivity index (χ1v) is 10.4. The molecule has 4 aromatic carbocycles. The van der Waals surface area contributed by atoms with Crippen LogP contribution in [0.1, 0.15) is 12.5 Å². The van der Waals surface area contributed by atoms with Crippen LogP contribution in [0, 0.1) is 23.3 Å². The molecule has 1 nitrogen and oxygen atoms in total. The van der Waals surface area contributed by atoms with Crippen molar-refractivity contribution in [2.45, 2.75) is 6.92 Å². The average Bonchev–Trinajstić information content (AvgIpc) is 2.81. The van der Waals surface area contributed by atoms with Crippen molar-refractivity contribution in [1.82, 2.24) is 0 Å². The van der Waals surface area contributed by atoms with Crippen molar-refractivity contribution in [2.24, 2.45) is 0 Å². The third-order valence-electron chi connectivity index (χ3n) is 5.64. The Labute approximate surface area is 197 Å². The highest BCUT2D eigenvalue weighted by Gasteiger charge is 2.23. The fourth-order valence-electron chi connectivity index (χ4n) is 4.16. The highest BCUT2D eigenvalue weighted by Crippen LogP contribution is 2.45. The molecule has 178 valence electrons. The van der Waals surface area contributed by atoms with Gasteiger partial charge < -0.3 is 4.74 Å². The smallest absolute Gasteiger partial charge is 0.194 e. The van der Waals surface area contributed by atoms with Gasteiger partial charge in [0.15, 0.2) is 17.5 Å². The van der Waals surface area contributed by atoms with Crippen LogP contribution in [0.2, 0.25) is 0 Å². The minimum Gasteiger partial charge on any atom is -0.497 e. The summed E-state index contributed by atoms with van der Waals surface area (Å²) in [5.74, 6) is -7.13. The van der Waals surface area contributed by atoms with Gasteiger partial charge in [0.2, 0.25) is 0 Å². The zero-order valence-corrected chi connectivity index (χ0v) is 18.7. The number of rotatable bonds is 5. The number of fused-ring (bicyclic) bond motifs is 2. The van der Waals surface area contributed by atoms with Gasteiger partial charge >= 0.3 is 0 Å². The van der Waals surface area contributed by atoms with Crippen molar-refractivity contribution in [1.29, 1.82) is 0 Å². The summed E-state index contributed by atoms with van der Waals surface area (Å²) in [4.78, 5) is 0. The summed E-state index contributed by atoms with van der Waals surface area (Å²) >= 11 is 0. The molecule has 0 saturated heterocycles. The van der Waals surface area contributed by atoms with Gasteiger partial charge in [0.05, 0.1) is 12.7 Å². The van der Waals surface area contributed by atoms with E-state index in [1.807, 2.05) is 0 Å². The second-order valence-electron chi connectivity index (χ2n) is 7.81. The lowest BCUT2D eigenvalue weighted by Gasteiger charge is -2.19. The van der Waals surface area contributed by atoms with Crippen LogP contribution < -0.4 is 0 Å². The molecular formula is C28H18F6O. The fraction of sp³-hybridized carbons (Fsp3) is 0.0714. The fourth-order valence-corrected chi connectivity index (χ4v) is 4.16. The Morgan fingerprint density at radius 1 is 0.829 bits per heavy atom. The van der Waals surface area contributed by atoms with E-state index in [0.29, 0.717) is 5.39 Å². The van der Waals surface area contributed by atoms with Crippen LogP contribution in [0.4, 0.5) is 26.3 Å². The lowest BCUT2D eigenvalue weighted by Crippen LogP contribution is -1.98. The third kappa shape index (κ3) is 4.30. The Hall–Kier alpha value is -4.00. The van der Waals surface area contributed by atoms with Crippen molar-refractivity contribution < 1.29 is 31.1 Å². The third-order valence-corrected chi connectivity index (χ3v) is 5.64. The first kappa shape index (κ1) is 24.1. The lowest BCUT2D eigenvalue weighted by molar-refractivity contribution is 0.307. The maximum atomic E-state index is 15.4. The monoisotopic (exact) mass is 484 g/mol. The number of methoxy groups -OCH3 is 1. The van der Waals surface area contributed by atoms with Gasteiger partial charge in [-0.15, -0.1) is 0 Å². The summed E-state index contributed by atoms with van der Waals surface area (Å²) in [6.45, 7) is 4.57. The maximum Gasteiger partial charge on any atom is 0.194 e. The van der Waals surface area contributed by atoms with Gasteiger partial charge in [-0.05, 0) is 63.9 Å². The van der Waals surface area contributed by atoms with Gasteiger partial charge in [-0.3, -0.25) is 0 Å². The molecule has 4 rings (SSSR count). The van der Waals surface area contributed by atoms with Crippen LogP contribution in [0.5, 0.6) is 0 Å². The Morgan fingerprint density at radius 3 is 2.03 bits per heavy atom. The molecule has 0 saturated carbocycles. The molecule has 0 amide bonds. The van der Waals surface area contributed by atoms with E-state index in [4.69, 9.17) is 4.74 Å². The predicted octanol–water partition coefficient (Wildman–Crippen LogP) is 8.93. The molecule has 0 unspecified atom stereocenters. The van der Waals surface area contributed by atoms with E-state index in [9.17, 15) is 22.0 Å². The largest absolute Gasteiger partial charge is 0.497 e. The first-order chi connectivity index (χ1) is 16.6. The minimum atomic E-state index is -1.63. The number of benzene rings is 4. The summed E-state index contributed by atoms with van der Waals surface area (Å²) in [5, 5.41) is 0.985. The van der Waals surface area contributed by atoms with Crippen molar-refractivity contribution in [2.75, 3.05) is 7.11 Å². The molecule has 7 heteroatoms. The highest BCUT2D eigenvalue weighted by atomic mass is 19.2. The molecule has 0 aliphatic carbocycles. The second-order valence-corrected chi connectivity index (χ2v) is 7.81. The van der Waals surface area contributed by atoms with Gasteiger partial charge in [0.1, 0.15) is 23.2 Å². The van der Waals surface area contributed by atoms with Crippen LogP contribution >= 0.6 is 0 Å². The quantitative estimate of drug-likeness (QED) is 0.0903. The SMILES string of the molecule is C=C(/C=C(F)\C(=C(/C)F)c1c2ccccc2c(-c2cc(F)c(F)c(F)c2)c2ccc(F)cc12)OC. The first-order valence-electron chi connectivity index (χ1n) is 10.4. The van der Waals surface area contributed by atoms with Gasteiger partial charge in [-0.25, -0.2) is 26.3 Å². The zero-order valence-electron chi connectivity index (χ0n) is 18.7. The number of ether oxygens (including phenoxy) is 1. The standard InChI is InChI=1S/C28H18F6O/c1-14(35-3)10-22(31)25(15(2)29)27-19-7-5-4-6-18(19)26(20-9-8-17(30)13-21(20)27)16-11-23(32)28(34)24(33)12-16/h4-13H,1H2,2-3H3/b22-10+,25-15-. The Morgan fingerprint density at radius 2 is 1.43 bits per heavy atom. The number of hydrogen-bond acceptors (Lipinski definition) is 1. The lowest BCUT2D eigenvalue weighted by atomic mass is 9.85. The van der Waals surface area contributed by atoms with Gasteiger partial charge in [-0.2, -0.15) is 0 Å². The van der Waals surface area contributed by atoms with Crippen molar-refractivity contribution in [3.8, 4) is 11.1 Å². The summed E-state index contributed by atoms with van der Waals surface area (Å²) in [6.07, 6.45) is 0.900. The molecular weight excluding hydrogens is 466 g/mol. The number of hydrogen-bond donors (Lipinski definition) is 0. The van der Waals surface area contributed by atoms with E-state index in [-0.39, 0.29) is 38.6 Å². The molecule has 0 radical (unpaired) electrons. The highest BCUT2D eigenvalue weighted by molar-refractivity contribution is 6.19. The zero-order chi connectivity index (χ0) is 25.4. The molecule has 0 spiro atoms. The molecule has 4 aromatic rings. The second kappa shape index (κ2) is 9.33. The van der Waals surface area contributed by atoms with E-state index in [1.54, 1.807) is 24.3 Å². The summed E-state index contributed by atoms with van der Waals surface area (Å²) < 4.78 is 91.5. The van der Waals surface area contributed by atoms with Gasteiger partial charge in [-0.1, -0.05) is 36.9 Å². The summed E-state index contributed by atoms with van der Waals surface area (Å²) in [6, 6.07) is 11.6. The van der Waals surface area contributed by atoms with Crippen LogP contribution in [0.25, 0.3) is 38.2 Å². The summed E-state index contributed by atoms with van der Waals surface area (Å²) in [7, 11) is 1.27. The minimum absolute atomic E-state index is 0.0213. The topological polar surface area (TPSA) is 9.23 Å². The molecule has 0 aliphatic heterocycles. The van der Waals surface area contributed by atoms with Crippen molar-refractivity contribution in [3.63, 3.8) is 0 Å². The van der Waals surface area contributed by atoms with E-state index in [2.05, 4.69) is 6.58 Å². The number of allylic oxidation sites excluding steroid dienone is 4. The predicted molar refractivity (Wildman–Crippen MR) is 126 cm³/mol. The average molecular weight is 484 g/mol. The molecule has 0 N–H and O–H groups in total. The number of halogens is 6. The Bertz CT molecular complexity index is 1540. The van der Waals surface area contributed by atoms with Crippen molar-refractivity contribution in [3.05, 3.63) is 113 Å². The normalized spacial score (nSPS) is 12.7. The Balaban J connectivity index is 2.23. The molecule has 0 heterocycles. The molecule has 0 fully saturated rings. The van der Waals surface area contributed by atoms with Crippen LogP contribution in [-0.4, -0.2) is 7.11 Å². The van der Waals surface area contributed by atoms with E-state index in [1.165, 1.54) is 13.2 Å². The van der Waals surface area contributed by atoms with E-state index < -0.39 is 40.5 Å². The Kier molecular flexibility index (Phi) is 6.43. The van der Waals surface area contributed by atoms with E-state index >= 15 is 4.39 Å². The van der Waals surface area contributed by atoms with Crippen molar-refractivity contribution >= 4 is 27.1 Å². The van der Waals surface area contributed by atoms with Gasteiger partial charge in [0, 0.05) is 11.6 Å². The van der Waals surface area contributed by atoms with Crippen LogP contribution in [0.15, 0.2) is 84.7 Å². The summed E-state index contributed by atoms with van der Waals surface area (Å²) in [5.41, 5.74) is -0.205.